The standard InChI is InChI=1S/C14H16O6/c1-17-11-4-7(3-10(15)13(11)18-2)12-8-5-20-14(16)9(8)6-19-12/h3-4,8-9,12,15H,5-6H2,1-2H3/t8-,9+,12-/m1/s1. The van der Waals surface area contributed by atoms with Gasteiger partial charge in [0.15, 0.2) is 11.5 Å². The number of cyclic esters (lactones) is 1. The number of esters is 1. The van der Waals surface area contributed by atoms with Gasteiger partial charge in [-0.3, -0.25) is 4.79 Å². The van der Waals surface area contributed by atoms with E-state index in [1.165, 1.54) is 14.2 Å². The highest BCUT2D eigenvalue weighted by Crippen LogP contribution is 2.46. The SMILES string of the molecule is COc1cc([C@H]2OC[C@@H]3C(=O)OC[C@H]32)cc(O)c1OC. The van der Waals surface area contributed by atoms with Gasteiger partial charge in [0.05, 0.1) is 39.5 Å². The van der Waals surface area contributed by atoms with Crippen LogP contribution in [0, 0.1) is 11.8 Å². The van der Waals surface area contributed by atoms with Crippen LogP contribution in [0.1, 0.15) is 11.7 Å². The zero-order valence-electron chi connectivity index (χ0n) is 11.3. The lowest BCUT2D eigenvalue weighted by Crippen LogP contribution is -2.14. The number of ether oxygens (including phenoxy) is 4. The number of hydrogen-bond donors (Lipinski definition) is 1. The normalized spacial score (nSPS) is 28.1. The number of phenols is 1. The molecule has 3 rings (SSSR count). The smallest absolute Gasteiger partial charge is 0.311 e. The minimum atomic E-state index is -0.280. The number of carbonyl (C=O) groups is 1. The van der Waals surface area contributed by atoms with Crippen LogP contribution in [0.2, 0.25) is 0 Å². The fraction of sp³-hybridized carbons (Fsp3) is 0.500. The Hall–Kier alpha value is -1.95. The molecular weight excluding hydrogens is 264 g/mol. The van der Waals surface area contributed by atoms with Crippen molar-refractivity contribution in [1.82, 2.24) is 0 Å². The Bertz CT molecular complexity index is 541. The molecule has 0 spiro atoms. The molecule has 108 valence electrons. The maximum absolute atomic E-state index is 11.5. The van der Waals surface area contributed by atoms with Crippen molar-refractivity contribution in [3.8, 4) is 17.2 Å². The Kier molecular flexibility index (Phi) is 3.17. The first-order valence-electron chi connectivity index (χ1n) is 6.38. The largest absolute Gasteiger partial charge is 0.504 e. The predicted octanol–water partition coefficient (Wildman–Crippen LogP) is 1.27. The lowest BCUT2D eigenvalue weighted by Gasteiger charge is -2.18. The van der Waals surface area contributed by atoms with E-state index in [1.54, 1.807) is 12.1 Å². The van der Waals surface area contributed by atoms with Gasteiger partial charge in [0.2, 0.25) is 5.75 Å². The van der Waals surface area contributed by atoms with Crippen molar-refractivity contribution in [3.05, 3.63) is 17.7 Å². The molecule has 20 heavy (non-hydrogen) atoms. The van der Waals surface area contributed by atoms with Gasteiger partial charge < -0.3 is 24.1 Å². The summed E-state index contributed by atoms with van der Waals surface area (Å²) in [7, 11) is 2.96. The molecule has 6 nitrogen and oxygen atoms in total. The average molecular weight is 280 g/mol. The fourth-order valence-corrected chi connectivity index (χ4v) is 2.87. The van der Waals surface area contributed by atoms with Gasteiger partial charge in [-0.15, -0.1) is 0 Å². The van der Waals surface area contributed by atoms with Crippen LogP contribution in [0.15, 0.2) is 12.1 Å². The van der Waals surface area contributed by atoms with E-state index in [-0.39, 0.29) is 35.4 Å². The summed E-state index contributed by atoms with van der Waals surface area (Å²) < 4.78 is 21.1. The Morgan fingerprint density at radius 2 is 2.05 bits per heavy atom. The molecule has 0 unspecified atom stereocenters. The van der Waals surface area contributed by atoms with E-state index in [0.29, 0.717) is 19.0 Å². The minimum Gasteiger partial charge on any atom is -0.504 e. The predicted molar refractivity (Wildman–Crippen MR) is 67.8 cm³/mol. The summed E-state index contributed by atoms with van der Waals surface area (Å²) in [5.41, 5.74) is 0.756. The summed E-state index contributed by atoms with van der Waals surface area (Å²) in [5, 5.41) is 10.00. The van der Waals surface area contributed by atoms with Crippen molar-refractivity contribution in [3.63, 3.8) is 0 Å². The van der Waals surface area contributed by atoms with E-state index in [4.69, 9.17) is 18.9 Å². The number of phenolic OH excluding ortho intramolecular Hbond substituents is 1. The molecule has 1 N–H and O–H groups in total. The second-order valence-corrected chi connectivity index (χ2v) is 4.93. The first kappa shape index (κ1) is 13.1. The third-order valence-corrected chi connectivity index (χ3v) is 3.89. The van der Waals surface area contributed by atoms with Gasteiger partial charge >= 0.3 is 5.97 Å². The first-order chi connectivity index (χ1) is 9.65. The van der Waals surface area contributed by atoms with Crippen LogP contribution in [0.25, 0.3) is 0 Å². The average Bonchev–Trinajstić information content (AvgIpc) is 3.01. The van der Waals surface area contributed by atoms with E-state index in [9.17, 15) is 9.90 Å². The molecule has 0 radical (unpaired) electrons. The van der Waals surface area contributed by atoms with Crippen molar-refractivity contribution in [2.45, 2.75) is 6.10 Å². The number of hydrogen-bond acceptors (Lipinski definition) is 6. The first-order valence-corrected chi connectivity index (χ1v) is 6.38. The van der Waals surface area contributed by atoms with Gasteiger partial charge in [0.1, 0.15) is 0 Å². The summed E-state index contributed by atoms with van der Waals surface area (Å²) in [6, 6.07) is 3.34. The topological polar surface area (TPSA) is 74.2 Å². The zero-order valence-corrected chi connectivity index (χ0v) is 11.3. The van der Waals surface area contributed by atoms with Crippen LogP contribution in [-0.2, 0) is 14.3 Å². The van der Waals surface area contributed by atoms with E-state index in [1.807, 2.05) is 0 Å². The monoisotopic (exact) mass is 280 g/mol. The number of methoxy groups -OCH3 is 2. The van der Waals surface area contributed by atoms with Gasteiger partial charge in [0, 0.05) is 5.92 Å². The Morgan fingerprint density at radius 3 is 2.75 bits per heavy atom. The zero-order chi connectivity index (χ0) is 14.3. The molecule has 0 amide bonds. The molecule has 0 saturated carbocycles. The third kappa shape index (κ3) is 1.87. The molecular formula is C14H16O6. The van der Waals surface area contributed by atoms with Crippen LogP contribution in [0.3, 0.4) is 0 Å². The van der Waals surface area contributed by atoms with Crippen LogP contribution in [0.4, 0.5) is 0 Å². The molecule has 2 aliphatic heterocycles. The molecule has 2 aliphatic rings. The maximum Gasteiger partial charge on any atom is 0.311 e. The van der Waals surface area contributed by atoms with Gasteiger partial charge in [0.25, 0.3) is 0 Å². The van der Waals surface area contributed by atoms with E-state index in [2.05, 4.69) is 0 Å². The van der Waals surface area contributed by atoms with Crippen LogP contribution < -0.4 is 9.47 Å². The second-order valence-electron chi connectivity index (χ2n) is 4.93. The number of rotatable bonds is 3. The Balaban J connectivity index is 1.95. The van der Waals surface area contributed by atoms with Crippen LogP contribution in [-0.4, -0.2) is 38.5 Å². The van der Waals surface area contributed by atoms with Crippen LogP contribution >= 0.6 is 0 Å². The molecule has 0 bridgehead atoms. The van der Waals surface area contributed by atoms with Crippen molar-refractivity contribution >= 4 is 5.97 Å². The second kappa shape index (κ2) is 4.86. The number of fused-ring (bicyclic) bond motifs is 1. The van der Waals surface area contributed by atoms with Crippen molar-refractivity contribution in [2.24, 2.45) is 11.8 Å². The molecule has 6 heteroatoms. The lowest BCUT2D eigenvalue weighted by atomic mass is 9.90. The van der Waals surface area contributed by atoms with Crippen molar-refractivity contribution in [1.29, 1.82) is 0 Å². The Labute approximate surface area is 116 Å². The van der Waals surface area contributed by atoms with Gasteiger partial charge in [-0.1, -0.05) is 0 Å². The summed E-state index contributed by atoms with van der Waals surface area (Å²) in [4.78, 5) is 11.5. The summed E-state index contributed by atoms with van der Waals surface area (Å²) >= 11 is 0. The third-order valence-electron chi connectivity index (χ3n) is 3.89. The Morgan fingerprint density at radius 1 is 1.25 bits per heavy atom. The number of carbonyl (C=O) groups excluding carboxylic acids is 1. The number of benzene rings is 1. The molecule has 3 atom stereocenters. The molecule has 2 heterocycles. The van der Waals surface area contributed by atoms with E-state index < -0.39 is 0 Å². The van der Waals surface area contributed by atoms with Gasteiger partial charge in [-0.2, -0.15) is 0 Å². The summed E-state index contributed by atoms with van der Waals surface area (Å²) in [6.07, 6.45) is -0.280. The molecule has 1 aromatic carbocycles. The van der Waals surface area contributed by atoms with Crippen molar-refractivity contribution in [2.75, 3.05) is 27.4 Å². The fourth-order valence-electron chi connectivity index (χ4n) is 2.87. The highest BCUT2D eigenvalue weighted by Gasteiger charge is 2.48. The summed E-state index contributed by atoms with van der Waals surface area (Å²) in [5.74, 6) is 0.265. The summed E-state index contributed by atoms with van der Waals surface area (Å²) in [6.45, 7) is 0.701. The van der Waals surface area contributed by atoms with E-state index in [0.717, 1.165) is 5.56 Å². The molecule has 1 aromatic rings. The van der Waals surface area contributed by atoms with Gasteiger partial charge in [-0.25, -0.2) is 0 Å². The van der Waals surface area contributed by atoms with Crippen LogP contribution in [0.5, 0.6) is 17.2 Å². The number of aromatic hydroxyl groups is 1. The molecule has 2 fully saturated rings. The van der Waals surface area contributed by atoms with Gasteiger partial charge in [-0.05, 0) is 17.7 Å². The maximum atomic E-state index is 11.5. The minimum absolute atomic E-state index is 0.0139. The highest BCUT2D eigenvalue weighted by molar-refractivity contribution is 5.75. The van der Waals surface area contributed by atoms with Crippen molar-refractivity contribution < 1.29 is 28.8 Å². The van der Waals surface area contributed by atoms with E-state index >= 15 is 0 Å². The lowest BCUT2D eigenvalue weighted by molar-refractivity contribution is -0.142. The molecule has 2 saturated heterocycles. The highest BCUT2D eigenvalue weighted by atomic mass is 16.6. The molecule has 0 aromatic heterocycles. The quantitative estimate of drug-likeness (QED) is 0.840. The molecule has 0 aliphatic carbocycles.